The first kappa shape index (κ1) is 19.1. The summed E-state index contributed by atoms with van der Waals surface area (Å²) in [6.07, 6.45) is 1.51. The van der Waals surface area contributed by atoms with E-state index >= 15 is 0 Å². The predicted octanol–water partition coefficient (Wildman–Crippen LogP) is 3.19. The topological polar surface area (TPSA) is 92.4 Å². The van der Waals surface area contributed by atoms with E-state index < -0.39 is 0 Å². The summed E-state index contributed by atoms with van der Waals surface area (Å²) in [5, 5.41) is 22.1. The van der Waals surface area contributed by atoms with Gasteiger partial charge in [0.2, 0.25) is 0 Å². The molecule has 1 heterocycles. The fourth-order valence-electron chi connectivity index (χ4n) is 2.22. The molecule has 0 atom stereocenters. The average molecular weight is 446 g/mol. The summed E-state index contributed by atoms with van der Waals surface area (Å²) >= 11 is 4.73. The Balaban J connectivity index is 1.55. The number of hydrazone groups is 1. The number of thioether (sulfide) groups is 1. The standard InChI is InChI=1S/C18H16BrN5O2S/c1-24-17(13-3-2-4-14(19)9-13)22-23-18(24)27-11-16(26)21-20-10-12-5-7-15(25)8-6-12/h2-10,25H,11H2,1H3,(H,21,26)/b20-10-. The molecule has 2 N–H and O–H groups in total. The van der Waals surface area contributed by atoms with Gasteiger partial charge in [0.15, 0.2) is 11.0 Å². The Morgan fingerprint density at radius 3 is 2.81 bits per heavy atom. The molecule has 0 spiro atoms. The van der Waals surface area contributed by atoms with Gasteiger partial charge in [-0.15, -0.1) is 10.2 Å². The van der Waals surface area contributed by atoms with Crippen LogP contribution in [0.25, 0.3) is 11.4 Å². The number of benzene rings is 2. The number of aromatic nitrogens is 3. The number of carbonyl (C=O) groups excluding carboxylic acids is 1. The Morgan fingerprint density at radius 1 is 1.30 bits per heavy atom. The molecule has 0 unspecified atom stereocenters. The Kier molecular flexibility index (Phi) is 6.25. The van der Waals surface area contributed by atoms with Gasteiger partial charge in [-0.25, -0.2) is 5.43 Å². The van der Waals surface area contributed by atoms with Gasteiger partial charge in [0.25, 0.3) is 5.91 Å². The van der Waals surface area contributed by atoms with Gasteiger partial charge in [0.05, 0.1) is 12.0 Å². The second kappa shape index (κ2) is 8.83. The number of phenols is 1. The number of halogens is 1. The number of hydrogen-bond acceptors (Lipinski definition) is 6. The monoisotopic (exact) mass is 445 g/mol. The zero-order valence-corrected chi connectivity index (χ0v) is 16.7. The van der Waals surface area contributed by atoms with Gasteiger partial charge in [0, 0.05) is 17.1 Å². The first-order valence-corrected chi connectivity index (χ1v) is 9.70. The molecule has 138 valence electrons. The van der Waals surface area contributed by atoms with Crippen molar-refractivity contribution in [1.82, 2.24) is 20.2 Å². The molecule has 3 rings (SSSR count). The van der Waals surface area contributed by atoms with Crippen LogP contribution in [0.15, 0.2) is 63.3 Å². The highest BCUT2D eigenvalue weighted by Gasteiger charge is 2.13. The fraction of sp³-hybridized carbons (Fsp3) is 0.111. The molecule has 7 nitrogen and oxygen atoms in total. The minimum Gasteiger partial charge on any atom is -0.508 e. The molecule has 9 heteroatoms. The largest absolute Gasteiger partial charge is 0.508 e. The fourth-order valence-corrected chi connectivity index (χ4v) is 3.32. The van der Waals surface area contributed by atoms with Gasteiger partial charge in [-0.2, -0.15) is 5.10 Å². The summed E-state index contributed by atoms with van der Waals surface area (Å²) in [6, 6.07) is 14.3. The lowest BCUT2D eigenvalue weighted by molar-refractivity contribution is -0.118. The summed E-state index contributed by atoms with van der Waals surface area (Å²) in [6.45, 7) is 0. The van der Waals surface area contributed by atoms with Crippen LogP contribution in [0.3, 0.4) is 0 Å². The number of carbonyl (C=O) groups is 1. The molecule has 27 heavy (non-hydrogen) atoms. The van der Waals surface area contributed by atoms with Crippen molar-refractivity contribution in [3.8, 4) is 17.1 Å². The lowest BCUT2D eigenvalue weighted by atomic mass is 10.2. The van der Waals surface area contributed by atoms with Gasteiger partial charge >= 0.3 is 0 Å². The van der Waals surface area contributed by atoms with Crippen LogP contribution in [0, 0.1) is 0 Å². The number of rotatable bonds is 6. The third kappa shape index (κ3) is 5.18. The number of phenolic OH excluding ortho intramolecular Hbond substituents is 1. The summed E-state index contributed by atoms with van der Waals surface area (Å²) in [7, 11) is 1.86. The van der Waals surface area contributed by atoms with Gasteiger partial charge in [0.1, 0.15) is 5.75 Å². The highest BCUT2D eigenvalue weighted by molar-refractivity contribution is 9.10. The number of nitrogens with one attached hydrogen (secondary N) is 1. The van der Waals surface area contributed by atoms with Gasteiger partial charge in [-0.3, -0.25) is 4.79 Å². The Bertz CT molecular complexity index is 972. The first-order chi connectivity index (χ1) is 13.0. The van der Waals surface area contributed by atoms with Crippen molar-refractivity contribution in [2.75, 3.05) is 5.75 Å². The molecular formula is C18H16BrN5O2S. The molecule has 0 saturated heterocycles. The van der Waals surface area contributed by atoms with E-state index in [1.165, 1.54) is 18.0 Å². The van der Waals surface area contributed by atoms with E-state index in [9.17, 15) is 9.90 Å². The van der Waals surface area contributed by atoms with Crippen molar-refractivity contribution in [3.63, 3.8) is 0 Å². The molecule has 1 amide bonds. The molecule has 0 radical (unpaired) electrons. The molecule has 0 fully saturated rings. The lowest BCUT2D eigenvalue weighted by Crippen LogP contribution is -2.19. The third-order valence-electron chi connectivity index (χ3n) is 3.55. The molecule has 0 aliphatic heterocycles. The molecular weight excluding hydrogens is 430 g/mol. The van der Waals surface area contributed by atoms with E-state index in [1.807, 2.05) is 35.9 Å². The summed E-state index contributed by atoms with van der Waals surface area (Å²) < 4.78 is 2.81. The van der Waals surface area contributed by atoms with E-state index in [1.54, 1.807) is 24.3 Å². The van der Waals surface area contributed by atoms with Crippen LogP contribution in [0.4, 0.5) is 0 Å². The van der Waals surface area contributed by atoms with Gasteiger partial charge in [-0.1, -0.05) is 39.8 Å². The second-order valence-corrected chi connectivity index (χ2v) is 7.41. The van der Waals surface area contributed by atoms with Crippen LogP contribution in [0.5, 0.6) is 5.75 Å². The molecule has 2 aromatic carbocycles. The summed E-state index contributed by atoms with van der Waals surface area (Å²) in [5.74, 6) is 0.822. The number of amides is 1. The van der Waals surface area contributed by atoms with Crippen LogP contribution < -0.4 is 5.43 Å². The van der Waals surface area contributed by atoms with Crippen molar-refractivity contribution in [2.45, 2.75) is 5.16 Å². The first-order valence-electron chi connectivity index (χ1n) is 7.92. The van der Waals surface area contributed by atoms with E-state index in [4.69, 9.17) is 0 Å². The SMILES string of the molecule is Cn1c(SCC(=O)N/N=C\c2ccc(O)cc2)nnc1-c1cccc(Br)c1. The Morgan fingerprint density at radius 2 is 2.07 bits per heavy atom. The molecule has 0 aliphatic carbocycles. The van der Waals surface area contributed by atoms with Gasteiger partial charge < -0.3 is 9.67 Å². The minimum atomic E-state index is -0.248. The van der Waals surface area contributed by atoms with Crippen LogP contribution in [0.1, 0.15) is 5.56 Å². The maximum atomic E-state index is 11.9. The Hall–Kier alpha value is -2.65. The zero-order chi connectivity index (χ0) is 19.2. The highest BCUT2D eigenvalue weighted by atomic mass is 79.9. The van der Waals surface area contributed by atoms with E-state index in [2.05, 4.69) is 36.7 Å². The molecule has 3 aromatic rings. The molecule has 0 bridgehead atoms. The van der Waals surface area contributed by atoms with E-state index in [-0.39, 0.29) is 17.4 Å². The maximum Gasteiger partial charge on any atom is 0.250 e. The number of hydrogen-bond donors (Lipinski definition) is 2. The second-order valence-electron chi connectivity index (χ2n) is 5.55. The van der Waals surface area contributed by atoms with Crippen LogP contribution in [0.2, 0.25) is 0 Å². The normalized spacial score (nSPS) is 11.0. The maximum absolute atomic E-state index is 11.9. The molecule has 0 saturated carbocycles. The van der Waals surface area contributed by atoms with Crippen molar-refractivity contribution in [1.29, 1.82) is 0 Å². The lowest BCUT2D eigenvalue weighted by Gasteiger charge is -2.04. The Labute approximate surface area is 168 Å². The van der Waals surface area contributed by atoms with Crippen LogP contribution in [-0.2, 0) is 11.8 Å². The van der Waals surface area contributed by atoms with Crippen molar-refractivity contribution in [3.05, 3.63) is 58.6 Å². The van der Waals surface area contributed by atoms with Crippen LogP contribution in [-0.4, -0.2) is 37.7 Å². The highest BCUT2D eigenvalue weighted by Crippen LogP contribution is 2.24. The smallest absolute Gasteiger partial charge is 0.250 e. The van der Waals surface area contributed by atoms with Crippen LogP contribution >= 0.6 is 27.7 Å². The summed E-state index contributed by atoms with van der Waals surface area (Å²) in [4.78, 5) is 11.9. The van der Waals surface area contributed by atoms with Crippen molar-refractivity contribution in [2.24, 2.45) is 12.1 Å². The summed E-state index contributed by atoms with van der Waals surface area (Å²) in [5.41, 5.74) is 4.18. The van der Waals surface area contributed by atoms with Gasteiger partial charge in [-0.05, 0) is 42.0 Å². The quantitative estimate of drug-likeness (QED) is 0.345. The minimum absolute atomic E-state index is 0.164. The number of nitrogens with zero attached hydrogens (tertiary/aromatic N) is 4. The number of aromatic hydroxyl groups is 1. The third-order valence-corrected chi connectivity index (χ3v) is 5.06. The van der Waals surface area contributed by atoms with E-state index in [0.717, 1.165) is 21.4 Å². The predicted molar refractivity (Wildman–Crippen MR) is 109 cm³/mol. The average Bonchev–Trinajstić information content (AvgIpc) is 3.02. The zero-order valence-electron chi connectivity index (χ0n) is 14.3. The van der Waals surface area contributed by atoms with E-state index in [0.29, 0.717) is 5.16 Å². The van der Waals surface area contributed by atoms with Crippen molar-refractivity contribution < 1.29 is 9.90 Å². The molecule has 0 aliphatic rings. The molecule has 1 aromatic heterocycles. The van der Waals surface area contributed by atoms with Crippen molar-refractivity contribution >= 4 is 39.8 Å².